The second-order valence-electron chi connectivity index (χ2n) is 6.70. The summed E-state index contributed by atoms with van der Waals surface area (Å²) < 4.78 is 0. The Labute approximate surface area is 166 Å². The molecule has 0 spiro atoms. The number of unbranched alkanes of at least 4 members (excludes halogenated alkanes) is 14. The van der Waals surface area contributed by atoms with Crippen LogP contribution in [0.2, 0.25) is 0 Å². The molecule has 0 saturated carbocycles. The standard InChI is InChI=1S/C20H43N.2ClH.H3N/c1-3-5-7-9-11-13-15-17-19-21-20-18-16-14-12-10-8-6-4-2;;;/h21H,3-20H2,1-2H3;2*1H;1H3. The van der Waals surface area contributed by atoms with E-state index in [1.54, 1.807) is 0 Å². The molecule has 0 bridgehead atoms. The summed E-state index contributed by atoms with van der Waals surface area (Å²) in [6.07, 6.45) is 22.8. The lowest BCUT2D eigenvalue weighted by atomic mass is 10.1. The maximum Gasteiger partial charge on any atom is -0.00489 e. The highest BCUT2D eigenvalue weighted by Gasteiger charge is 1.93. The van der Waals surface area contributed by atoms with Crippen LogP contribution in [-0.2, 0) is 0 Å². The summed E-state index contributed by atoms with van der Waals surface area (Å²) in [4.78, 5) is 0. The van der Waals surface area contributed by atoms with Gasteiger partial charge in [-0.1, -0.05) is 104 Å². The van der Waals surface area contributed by atoms with Crippen LogP contribution in [0, 0.1) is 0 Å². The largest absolute Gasteiger partial charge is 0.344 e. The Bertz CT molecular complexity index is 163. The first-order valence-corrected chi connectivity index (χ1v) is 10.1. The average Bonchev–Trinajstić information content (AvgIpc) is 2.50. The highest BCUT2D eigenvalue weighted by Crippen LogP contribution is 2.09. The molecule has 0 rings (SSSR count). The van der Waals surface area contributed by atoms with Gasteiger partial charge in [0, 0.05) is 0 Å². The maximum absolute atomic E-state index is 3.61. The molecule has 0 fully saturated rings. The van der Waals surface area contributed by atoms with E-state index in [2.05, 4.69) is 19.2 Å². The molecule has 4 heteroatoms. The third kappa shape index (κ3) is 30.4. The third-order valence-electron chi connectivity index (χ3n) is 4.41. The van der Waals surface area contributed by atoms with Gasteiger partial charge in [0.2, 0.25) is 0 Å². The molecular formula is C20H48Cl2N2. The number of nitrogens with one attached hydrogen (secondary N) is 1. The summed E-state index contributed by atoms with van der Waals surface area (Å²) in [6, 6.07) is 0. The smallest absolute Gasteiger partial charge is 0.00489 e. The Kier molecular flexibility index (Phi) is 42.0. The molecule has 0 aromatic carbocycles. The van der Waals surface area contributed by atoms with Crippen LogP contribution in [0.4, 0.5) is 0 Å². The minimum Gasteiger partial charge on any atom is -0.344 e. The maximum atomic E-state index is 3.61. The number of hydrogen-bond donors (Lipinski definition) is 2. The zero-order valence-electron chi connectivity index (χ0n) is 16.8. The predicted octanol–water partition coefficient (Wildman–Crippen LogP) is 7.86. The van der Waals surface area contributed by atoms with Gasteiger partial charge < -0.3 is 11.5 Å². The molecular weight excluding hydrogens is 339 g/mol. The number of hydrogen-bond acceptors (Lipinski definition) is 2. The summed E-state index contributed by atoms with van der Waals surface area (Å²) in [7, 11) is 0. The third-order valence-corrected chi connectivity index (χ3v) is 4.41. The highest BCUT2D eigenvalue weighted by molar-refractivity contribution is 5.85. The summed E-state index contributed by atoms with van der Waals surface area (Å²) in [6.45, 7) is 7.06. The van der Waals surface area contributed by atoms with E-state index in [4.69, 9.17) is 0 Å². The van der Waals surface area contributed by atoms with E-state index >= 15 is 0 Å². The highest BCUT2D eigenvalue weighted by atomic mass is 35.5. The molecule has 4 N–H and O–H groups in total. The second-order valence-corrected chi connectivity index (χ2v) is 6.70. The predicted molar refractivity (Wildman–Crippen MR) is 118 cm³/mol. The summed E-state index contributed by atoms with van der Waals surface area (Å²) >= 11 is 0. The Morgan fingerprint density at radius 1 is 0.417 bits per heavy atom. The first kappa shape index (κ1) is 32.2. The zero-order valence-corrected chi connectivity index (χ0v) is 18.4. The molecule has 152 valence electrons. The van der Waals surface area contributed by atoms with Crippen molar-refractivity contribution in [1.82, 2.24) is 11.5 Å². The van der Waals surface area contributed by atoms with Gasteiger partial charge >= 0.3 is 0 Å². The van der Waals surface area contributed by atoms with Crippen LogP contribution in [0.15, 0.2) is 0 Å². The minimum absolute atomic E-state index is 0. The molecule has 0 atom stereocenters. The van der Waals surface area contributed by atoms with E-state index in [0.29, 0.717) is 0 Å². The minimum atomic E-state index is 0. The van der Waals surface area contributed by atoms with Gasteiger partial charge in [-0.2, -0.15) is 0 Å². The van der Waals surface area contributed by atoms with Crippen molar-refractivity contribution in [3.05, 3.63) is 0 Å². The topological polar surface area (TPSA) is 47.0 Å². The van der Waals surface area contributed by atoms with Crippen LogP contribution >= 0.6 is 24.8 Å². The number of halogens is 2. The molecule has 0 aromatic rings. The van der Waals surface area contributed by atoms with Crippen molar-refractivity contribution in [3.63, 3.8) is 0 Å². The molecule has 0 aromatic heterocycles. The zero-order chi connectivity index (χ0) is 15.4. The molecule has 0 amide bonds. The van der Waals surface area contributed by atoms with Crippen LogP contribution in [0.3, 0.4) is 0 Å². The van der Waals surface area contributed by atoms with Crippen LogP contribution in [0.1, 0.15) is 117 Å². The summed E-state index contributed by atoms with van der Waals surface area (Å²) in [5, 5.41) is 3.61. The molecule has 24 heavy (non-hydrogen) atoms. The van der Waals surface area contributed by atoms with Crippen molar-refractivity contribution in [2.45, 2.75) is 117 Å². The van der Waals surface area contributed by atoms with Gasteiger partial charge in [-0.25, -0.2) is 0 Å². The van der Waals surface area contributed by atoms with Gasteiger partial charge in [0.1, 0.15) is 0 Å². The van der Waals surface area contributed by atoms with Crippen LogP contribution in [0.25, 0.3) is 0 Å². The fourth-order valence-corrected chi connectivity index (χ4v) is 2.89. The molecule has 0 aliphatic carbocycles. The SMILES string of the molecule is CCCCCCCCCCNCCCCCCCCCC.Cl.Cl.N. The van der Waals surface area contributed by atoms with Gasteiger partial charge in [-0.3, -0.25) is 0 Å². The fourth-order valence-electron chi connectivity index (χ4n) is 2.89. The number of rotatable bonds is 18. The van der Waals surface area contributed by atoms with Gasteiger partial charge in [0.05, 0.1) is 0 Å². The van der Waals surface area contributed by atoms with Crippen molar-refractivity contribution < 1.29 is 0 Å². The van der Waals surface area contributed by atoms with Gasteiger partial charge in [0.15, 0.2) is 0 Å². The molecule has 0 aliphatic rings. The lowest BCUT2D eigenvalue weighted by Crippen LogP contribution is -2.16. The lowest BCUT2D eigenvalue weighted by molar-refractivity contribution is 0.532. The van der Waals surface area contributed by atoms with E-state index in [1.165, 1.54) is 116 Å². The Morgan fingerprint density at radius 3 is 0.958 bits per heavy atom. The van der Waals surface area contributed by atoms with Crippen molar-refractivity contribution in [3.8, 4) is 0 Å². The Hall–Kier alpha value is 0.500. The van der Waals surface area contributed by atoms with E-state index in [-0.39, 0.29) is 31.0 Å². The van der Waals surface area contributed by atoms with E-state index in [1.807, 2.05) is 0 Å². The normalized spacial score (nSPS) is 9.75. The van der Waals surface area contributed by atoms with Crippen LogP contribution in [0.5, 0.6) is 0 Å². The first-order chi connectivity index (χ1) is 10.4. The monoisotopic (exact) mass is 386 g/mol. The second kappa shape index (κ2) is 31.3. The molecule has 0 aliphatic heterocycles. The van der Waals surface area contributed by atoms with Crippen molar-refractivity contribution in [1.29, 1.82) is 0 Å². The van der Waals surface area contributed by atoms with E-state index in [9.17, 15) is 0 Å². The average molecular weight is 388 g/mol. The van der Waals surface area contributed by atoms with Gasteiger partial charge in [-0.05, 0) is 25.9 Å². The Morgan fingerprint density at radius 2 is 0.667 bits per heavy atom. The van der Waals surface area contributed by atoms with E-state index < -0.39 is 0 Å². The fraction of sp³-hybridized carbons (Fsp3) is 1.00. The first-order valence-electron chi connectivity index (χ1n) is 10.1. The lowest BCUT2D eigenvalue weighted by Gasteiger charge is -2.05. The van der Waals surface area contributed by atoms with Gasteiger partial charge in [-0.15, -0.1) is 24.8 Å². The van der Waals surface area contributed by atoms with Crippen molar-refractivity contribution in [2.24, 2.45) is 0 Å². The Balaban J connectivity index is -0.000000667. The van der Waals surface area contributed by atoms with Gasteiger partial charge in [0.25, 0.3) is 0 Å². The van der Waals surface area contributed by atoms with Crippen molar-refractivity contribution >= 4 is 24.8 Å². The molecule has 0 unspecified atom stereocenters. The molecule has 0 radical (unpaired) electrons. The molecule has 0 saturated heterocycles. The quantitative estimate of drug-likeness (QED) is 0.235. The van der Waals surface area contributed by atoms with Crippen LogP contribution in [-0.4, -0.2) is 13.1 Å². The summed E-state index contributed by atoms with van der Waals surface area (Å²) in [5.41, 5.74) is 0. The molecule has 0 heterocycles. The molecule has 2 nitrogen and oxygen atoms in total. The van der Waals surface area contributed by atoms with Crippen molar-refractivity contribution in [2.75, 3.05) is 13.1 Å². The summed E-state index contributed by atoms with van der Waals surface area (Å²) in [5.74, 6) is 0. The van der Waals surface area contributed by atoms with E-state index in [0.717, 1.165) is 0 Å². The van der Waals surface area contributed by atoms with Crippen LogP contribution < -0.4 is 11.5 Å².